The Kier molecular flexibility index (Phi) is 4.68. The van der Waals surface area contributed by atoms with Crippen LogP contribution < -0.4 is 5.73 Å². The summed E-state index contributed by atoms with van der Waals surface area (Å²) in [6.45, 7) is 6.36. The highest BCUT2D eigenvalue weighted by molar-refractivity contribution is 7.12. The van der Waals surface area contributed by atoms with Gasteiger partial charge >= 0.3 is 0 Å². The van der Waals surface area contributed by atoms with Crippen LogP contribution >= 0.6 is 11.3 Å². The van der Waals surface area contributed by atoms with Crippen LogP contribution in [0.2, 0.25) is 0 Å². The third-order valence-electron chi connectivity index (χ3n) is 4.97. The van der Waals surface area contributed by atoms with Gasteiger partial charge in [0, 0.05) is 24.0 Å². The SMILES string of the molecule is C=CC(=O)N1CCC[C@@H](n2nc(-c3csc(C(C)=O)c3)c3c(N)ncnc32)C1. The first kappa shape index (κ1) is 18.3. The van der Waals surface area contributed by atoms with Gasteiger partial charge in [-0.1, -0.05) is 6.58 Å². The molecule has 0 aromatic carbocycles. The number of nitrogens with two attached hydrogens (primary N) is 1. The van der Waals surface area contributed by atoms with Crippen LogP contribution in [0.15, 0.2) is 30.4 Å². The molecule has 0 radical (unpaired) electrons. The van der Waals surface area contributed by atoms with E-state index in [4.69, 9.17) is 10.8 Å². The number of ketones is 1. The molecule has 8 nitrogen and oxygen atoms in total. The van der Waals surface area contributed by atoms with Crippen LogP contribution in [0, 0.1) is 0 Å². The first-order valence-corrected chi connectivity index (χ1v) is 9.87. The standard InChI is InChI=1S/C19H20N6O2S/c1-3-15(27)24-6-4-5-13(8-24)25-19-16(18(20)21-10-22-19)17(23-25)12-7-14(11(2)26)28-9-12/h3,7,9-10,13H,1,4-6,8H2,2H3,(H2,20,21,22)/t13-/m1/s1. The smallest absolute Gasteiger partial charge is 0.246 e. The van der Waals surface area contributed by atoms with Gasteiger partial charge in [-0.3, -0.25) is 9.59 Å². The Hall–Kier alpha value is -3.07. The number of likely N-dealkylation sites (tertiary alicyclic amines) is 1. The van der Waals surface area contributed by atoms with Crippen molar-refractivity contribution >= 4 is 39.9 Å². The molecule has 9 heteroatoms. The molecule has 3 aromatic rings. The lowest BCUT2D eigenvalue weighted by atomic mass is 10.1. The topological polar surface area (TPSA) is 107 Å². The number of carbonyl (C=O) groups is 2. The maximum absolute atomic E-state index is 12.1. The van der Waals surface area contributed by atoms with Crippen LogP contribution in [0.3, 0.4) is 0 Å². The molecule has 1 amide bonds. The van der Waals surface area contributed by atoms with Crippen molar-refractivity contribution in [3.8, 4) is 11.3 Å². The van der Waals surface area contributed by atoms with Crippen molar-refractivity contribution < 1.29 is 9.59 Å². The summed E-state index contributed by atoms with van der Waals surface area (Å²) < 4.78 is 1.84. The van der Waals surface area contributed by atoms with Gasteiger partial charge in [0.2, 0.25) is 5.91 Å². The molecule has 4 heterocycles. The second kappa shape index (κ2) is 7.16. The van der Waals surface area contributed by atoms with E-state index in [0.717, 1.165) is 18.4 Å². The number of amides is 1. The molecule has 1 fully saturated rings. The zero-order valence-corrected chi connectivity index (χ0v) is 16.3. The Labute approximate surface area is 165 Å². The van der Waals surface area contributed by atoms with Gasteiger partial charge in [-0.2, -0.15) is 5.10 Å². The summed E-state index contributed by atoms with van der Waals surface area (Å²) in [5.74, 6) is 0.270. The van der Waals surface area contributed by atoms with Gasteiger partial charge < -0.3 is 10.6 Å². The summed E-state index contributed by atoms with van der Waals surface area (Å²) in [7, 11) is 0. The Morgan fingerprint density at radius 3 is 2.93 bits per heavy atom. The largest absolute Gasteiger partial charge is 0.383 e. The van der Waals surface area contributed by atoms with Crippen molar-refractivity contribution in [3.05, 3.63) is 35.3 Å². The summed E-state index contributed by atoms with van der Waals surface area (Å²) in [5, 5.41) is 7.36. The van der Waals surface area contributed by atoms with Gasteiger partial charge in [-0.15, -0.1) is 11.3 Å². The quantitative estimate of drug-likeness (QED) is 0.537. The molecule has 1 aliphatic heterocycles. The predicted octanol–water partition coefficient (Wildman–Crippen LogP) is 2.69. The van der Waals surface area contributed by atoms with Gasteiger partial charge in [-0.05, 0) is 31.9 Å². The molecular weight excluding hydrogens is 376 g/mol. The first-order chi connectivity index (χ1) is 13.5. The highest BCUT2D eigenvalue weighted by atomic mass is 32.1. The monoisotopic (exact) mass is 396 g/mol. The molecule has 0 saturated carbocycles. The van der Waals surface area contributed by atoms with Crippen molar-refractivity contribution in [2.24, 2.45) is 0 Å². The lowest BCUT2D eigenvalue weighted by Gasteiger charge is -2.32. The van der Waals surface area contributed by atoms with E-state index in [-0.39, 0.29) is 17.7 Å². The number of fused-ring (bicyclic) bond motifs is 1. The number of nitrogen functional groups attached to an aromatic ring is 1. The first-order valence-electron chi connectivity index (χ1n) is 8.99. The summed E-state index contributed by atoms with van der Waals surface area (Å²) in [6.07, 6.45) is 4.51. The van der Waals surface area contributed by atoms with Gasteiger partial charge in [0.1, 0.15) is 17.8 Å². The molecule has 1 atom stereocenters. The molecule has 0 spiro atoms. The molecule has 4 rings (SSSR count). The van der Waals surface area contributed by atoms with Crippen molar-refractivity contribution in [3.63, 3.8) is 0 Å². The van der Waals surface area contributed by atoms with Gasteiger partial charge in [-0.25, -0.2) is 14.6 Å². The van der Waals surface area contributed by atoms with Gasteiger partial charge in [0.05, 0.1) is 16.3 Å². The maximum Gasteiger partial charge on any atom is 0.246 e. The number of nitrogens with zero attached hydrogens (tertiary/aromatic N) is 5. The minimum atomic E-state index is -0.0838. The average molecular weight is 396 g/mol. The third kappa shape index (κ3) is 3.07. The average Bonchev–Trinajstić information content (AvgIpc) is 3.33. The van der Waals surface area contributed by atoms with Crippen molar-refractivity contribution in [1.82, 2.24) is 24.6 Å². The fraction of sp³-hybridized carbons (Fsp3) is 0.316. The molecular formula is C19H20N6O2S. The Morgan fingerprint density at radius 2 is 2.21 bits per heavy atom. The Bertz CT molecular complexity index is 1090. The van der Waals surface area contributed by atoms with E-state index in [1.807, 2.05) is 16.1 Å². The molecule has 0 unspecified atom stereocenters. The van der Waals surface area contributed by atoms with E-state index < -0.39 is 0 Å². The van der Waals surface area contributed by atoms with Crippen LogP contribution in [-0.4, -0.2) is 49.4 Å². The third-order valence-corrected chi connectivity index (χ3v) is 6.00. The number of thiophene rings is 1. The zero-order valence-electron chi connectivity index (χ0n) is 15.5. The van der Waals surface area contributed by atoms with Crippen molar-refractivity contribution in [2.45, 2.75) is 25.8 Å². The lowest BCUT2D eigenvalue weighted by Crippen LogP contribution is -2.40. The molecule has 28 heavy (non-hydrogen) atoms. The number of rotatable bonds is 4. The van der Waals surface area contributed by atoms with E-state index in [1.165, 1.54) is 30.7 Å². The van der Waals surface area contributed by atoms with Crippen LogP contribution in [0.1, 0.15) is 35.5 Å². The Balaban J connectivity index is 1.81. The van der Waals surface area contributed by atoms with Gasteiger partial charge in [0.25, 0.3) is 0 Å². The number of Topliss-reactive ketones (excluding diaryl/α,β-unsaturated/α-hetero) is 1. The number of carbonyl (C=O) groups excluding carboxylic acids is 2. The second-order valence-electron chi connectivity index (χ2n) is 6.79. The fourth-order valence-corrected chi connectivity index (χ4v) is 4.38. The molecule has 3 aromatic heterocycles. The van der Waals surface area contributed by atoms with Crippen LogP contribution in [-0.2, 0) is 4.79 Å². The van der Waals surface area contributed by atoms with E-state index in [9.17, 15) is 9.59 Å². The number of piperidine rings is 1. The lowest BCUT2D eigenvalue weighted by molar-refractivity contribution is -0.127. The summed E-state index contributed by atoms with van der Waals surface area (Å²) in [6, 6.07) is 1.80. The summed E-state index contributed by atoms with van der Waals surface area (Å²) in [5.41, 5.74) is 8.26. The number of aromatic nitrogens is 4. The van der Waals surface area contributed by atoms with Gasteiger partial charge in [0.15, 0.2) is 11.4 Å². The van der Waals surface area contributed by atoms with E-state index in [2.05, 4.69) is 16.5 Å². The van der Waals surface area contributed by atoms with E-state index in [0.29, 0.717) is 40.5 Å². The predicted molar refractivity (Wildman–Crippen MR) is 108 cm³/mol. The number of hydrogen-bond acceptors (Lipinski definition) is 7. The Morgan fingerprint density at radius 1 is 1.39 bits per heavy atom. The fourth-order valence-electron chi connectivity index (χ4n) is 3.58. The van der Waals surface area contributed by atoms with Crippen molar-refractivity contribution in [2.75, 3.05) is 18.8 Å². The number of hydrogen-bond donors (Lipinski definition) is 1. The highest BCUT2D eigenvalue weighted by Crippen LogP contribution is 2.35. The summed E-state index contributed by atoms with van der Waals surface area (Å²) >= 11 is 1.37. The minimum absolute atomic E-state index is 0.00932. The van der Waals surface area contributed by atoms with Crippen LogP contribution in [0.25, 0.3) is 22.3 Å². The van der Waals surface area contributed by atoms with Crippen LogP contribution in [0.5, 0.6) is 0 Å². The van der Waals surface area contributed by atoms with E-state index >= 15 is 0 Å². The molecule has 0 bridgehead atoms. The number of anilines is 1. The molecule has 0 aliphatic carbocycles. The normalized spacial score (nSPS) is 17.0. The minimum Gasteiger partial charge on any atom is -0.383 e. The zero-order chi connectivity index (χ0) is 19.8. The second-order valence-corrected chi connectivity index (χ2v) is 7.70. The van der Waals surface area contributed by atoms with E-state index in [1.54, 1.807) is 4.90 Å². The molecule has 144 valence electrons. The summed E-state index contributed by atoms with van der Waals surface area (Å²) in [4.78, 5) is 34.7. The molecule has 1 saturated heterocycles. The van der Waals surface area contributed by atoms with Crippen LogP contribution in [0.4, 0.5) is 5.82 Å². The van der Waals surface area contributed by atoms with Crippen molar-refractivity contribution in [1.29, 1.82) is 0 Å². The highest BCUT2D eigenvalue weighted by Gasteiger charge is 2.28. The molecule has 1 aliphatic rings. The molecule has 2 N–H and O–H groups in total. The maximum atomic E-state index is 12.1.